The van der Waals surface area contributed by atoms with Gasteiger partial charge in [-0.2, -0.15) is 5.26 Å². The third-order valence-electron chi connectivity index (χ3n) is 9.73. The van der Waals surface area contributed by atoms with Gasteiger partial charge in [0.15, 0.2) is 0 Å². The maximum absolute atomic E-state index is 9.46. The summed E-state index contributed by atoms with van der Waals surface area (Å²) in [6.45, 7) is 0. The van der Waals surface area contributed by atoms with Gasteiger partial charge in [0.1, 0.15) is 0 Å². The molecule has 10 rings (SSSR count). The molecule has 0 bridgehead atoms. The molecule has 0 N–H and O–H groups in total. The van der Waals surface area contributed by atoms with Crippen LogP contribution in [0.1, 0.15) is 5.56 Å². The molecule has 3 heterocycles. The quantitative estimate of drug-likeness (QED) is 0.193. The summed E-state index contributed by atoms with van der Waals surface area (Å²) in [7, 11) is 0. The lowest BCUT2D eigenvalue weighted by Gasteiger charge is -2.14. The molecule has 10 aromatic rings. The Hall–Kier alpha value is -7.03. The van der Waals surface area contributed by atoms with Crippen LogP contribution in [0.3, 0.4) is 0 Å². The Morgan fingerprint density at radius 3 is 1.70 bits per heavy atom. The van der Waals surface area contributed by atoms with Crippen molar-refractivity contribution in [1.82, 2.24) is 19.1 Å². The first kappa shape index (κ1) is 28.0. The fraction of sp³-hybridized carbons (Fsp3) is 0. The van der Waals surface area contributed by atoms with Gasteiger partial charge in [0.05, 0.1) is 45.1 Å². The third kappa shape index (κ3) is 4.26. The van der Waals surface area contributed by atoms with E-state index >= 15 is 0 Å². The van der Waals surface area contributed by atoms with Crippen LogP contribution in [0.25, 0.3) is 88.5 Å². The zero-order chi connectivity index (χ0) is 33.2. The van der Waals surface area contributed by atoms with Crippen LogP contribution < -0.4 is 0 Å². The smallest absolute Gasteiger partial charge is 0.235 e. The molecular weight excluding hydrogens is 611 g/mol. The second-order valence-corrected chi connectivity index (χ2v) is 12.6. The first-order valence-electron chi connectivity index (χ1n) is 16.6. The highest BCUT2D eigenvalue weighted by Crippen LogP contribution is 2.41. The third-order valence-corrected chi connectivity index (χ3v) is 9.73. The molecule has 0 aliphatic heterocycles. The zero-order valence-corrected chi connectivity index (χ0v) is 26.8. The van der Waals surface area contributed by atoms with E-state index in [0.29, 0.717) is 11.5 Å². The fourth-order valence-electron chi connectivity index (χ4n) is 7.47. The highest BCUT2D eigenvalue weighted by Gasteiger charge is 2.23. The SMILES string of the molecule is N#Cc1ccc2cc(-c3cc(-c4ccccc4)nc(-n4c5ccccc5c5ccc6c7ccccc7n(-c7ccccc7)c6c54)n3)ccc2c1. The van der Waals surface area contributed by atoms with Gasteiger partial charge < -0.3 is 4.57 Å². The molecule has 0 aliphatic carbocycles. The summed E-state index contributed by atoms with van der Waals surface area (Å²) in [5.41, 5.74) is 9.75. The fourth-order valence-corrected chi connectivity index (χ4v) is 7.47. The molecular formula is C45H27N5. The maximum Gasteiger partial charge on any atom is 0.235 e. The van der Waals surface area contributed by atoms with Crippen LogP contribution in [0, 0.1) is 11.3 Å². The standard InChI is InChI=1S/C45H27N5/c46-28-29-19-20-32-26-33(22-21-31(32)25-29)40-27-39(30-11-3-1-4-12-30)47-45(48-40)50-42-18-10-8-16-36(42)38-24-23-37-35-15-7-9-17-41(35)49(43(37)44(38)50)34-13-5-2-6-14-34/h1-27H. The van der Waals surface area contributed by atoms with Crippen LogP contribution >= 0.6 is 0 Å². The second kappa shape index (κ2) is 11.0. The zero-order valence-electron chi connectivity index (χ0n) is 26.8. The number of hydrogen-bond acceptors (Lipinski definition) is 3. The Kier molecular flexibility index (Phi) is 6.17. The average molecular weight is 638 g/mol. The highest BCUT2D eigenvalue weighted by molar-refractivity contribution is 6.23. The predicted molar refractivity (Wildman–Crippen MR) is 204 cm³/mol. The minimum Gasteiger partial charge on any atom is -0.307 e. The molecule has 0 unspecified atom stereocenters. The molecule has 5 heteroatoms. The van der Waals surface area contributed by atoms with E-state index in [-0.39, 0.29) is 0 Å². The molecule has 0 atom stereocenters. The van der Waals surface area contributed by atoms with Crippen LogP contribution in [0.4, 0.5) is 0 Å². The lowest BCUT2D eigenvalue weighted by Crippen LogP contribution is -2.05. The van der Waals surface area contributed by atoms with E-state index in [1.807, 2.05) is 36.4 Å². The maximum atomic E-state index is 9.46. The van der Waals surface area contributed by atoms with Gasteiger partial charge in [0.2, 0.25) is 5.95 Å². The summed E-state index contributed by atoms with van der Waals surface area (Å²) < 4.78 is 4.63. The van der Waals surface area contributed by atoms with Gasteiger partial charge >= 0.3 is 0 Å². The topological polar surface area (TPSA) is 59.4 Å². The van der Waals surface area contributed by atoms with E-state index in [1.165, 1.54) is 10.8 Å². The minimum absolute atomic E-state index is 0.602. The van der Waals surface area contributed by atoms with Crippen molar-refractivity contribution in [2.24, 2.45) is 0 Å². The number of nitriles is 1. The summed E-state index contributed by atoms with van der Waals surface area (Å²) in [6.07, 6.45) is 0. The molecule has 3 aromatic heterocycles. The molecule has 0 radical (unpaired) electrons. The lowest BCUT2D eigenvalue weighted by atomic mass is 10.0. The molecule has 50 heavy (non-hydrogen) atoms. The Labute approximate surface area is 287 Å². The van der Waals surface area contributed by atoms with Gasteiger partial charge in [-0.1, -0.05) is 115 Å². The van der Waals surface area contributed by atoms with Crippen LogP contribution in [0.2, 0.25) is 0 Å². The molecule has 5 nitrogen and oxygen atoms in total. The van der Waals surface area contributed by atoms with E-state index in [9.17, 15) is 5.26 Å². The average Bonchev–Trinajstić information content (AvgIpc) is 3.71. The Balaban J connectivity index is 1.34. The normalized spacial score (nSPS) is 11.6. The van der Waals surface area contributed by atoms with Gasteiger partial charge in [0, 0.05) is 38.4 Å². The van der Waals surface area contributed by atoms with Crippen molar-refractivity contribution >= 4 is 54.4 Å². The van der Waals surface area contributed by atoms with Gasteiger partial charge in [-0.05, 0) is 59.3 Å². The second-order valence-electron chi connectivity index (χ2n) is 12.6. The van der Waals surface area contributed by atoms with E-state index in [0.717, 1.165) is 71.8 Å². The van der Waals surface area contributed by atoms with E-state index in [2.05, 4.69) is 143 Å². The van der Waals surface area contributed by atoms with Crippen LogP contribution in [0.15, 0.2) is 164 Å². The monoisotopic (exact) mass is 637 g/mol. The summed E-state index contributed by atoms with van der Waals surface area (Å²) in [4.78, 5) is 10.7. The van der Waals surface area contributed by atoms with Crippen molar-refractivity contribution in [3.63, 3.8) is 0 Å². The number of aromatic nitrogens is 4. The number of benzene rings is 7. The first-order chi connectivity index (χ1) is 24.7. The van der Waals surface area contributed by atoms with Gasteiger partial charge in [0.25, 0.3) is 0 Å². The summed E-state index contributed by atoms with van der Waals surface area (Å²) in [5.74, 6) is 0.602. The van der Waals surface area contributed by atoms with Crippen molar-refractivity contribution < 1.29 is 0 Å². The molecule has 232 valence electrons. The van der Waals surface area contributed by atoms with Crippen LogP contribution in [0.5, 0.6) is 0 Å². The molecule has 0 spiro atoms. The van der Waals surface area contributed by atoms with Crippen LogP contribution in [-0.2, 0) is 0 Å². The number of para-hydroxylation sites is 3. The first-order valence-corrected chi connectivity index (χ1v) is 16.6. The summed E-state index contributed by atoms with van der Waals surface area (Å²) in [6, 6.07) is 59.0. The molecule has 0 amide bonds. The Bertz CT molecular complexity index is 2980. The van der Waals surface area contributed by atoms with Crippen molar-refractivity contribution in [3.8, 4) is 40.2 Å². The van der Waals surface area contributed by atoms with Crippen molar-refractivity contribution in [2.75, 3.05) is 0 Å². The molecule has 0 saturated carbocycles. The molecule has 7 aromatic carbocycles. The number of rotatable bonds is 4. The molecule has 0 aliphatic rings. The van der Waals surface area contributed by atoms with Crippen molar-refractivity contribution in [1.29, 1.82) is 5.26 Å². The van der Waals surface area contributed by atoms with Gasteiger partial charge in [-0.15, -0.1) is 0 Å². The number of hydrogen-bond donors (Lipinski definition) is 0. The Morgan fingerprint density at radius 1 is 0.440 bits per heavy atom. The van der Waals surface area contributed by atoms with E-state index in [4.69, 9.17) is 9.97 Å². The Morgan fingerprint density at radius 2 is 1.00 bits per heavy atom. The lowest BCUT2D eigenvalue weighted by molar-refractivity contribution is 0.995. The summed E-state index contributed by atoms with van der Waals surface area (Å²) >= 11 is 0. The molecule has 0 fully saturated rings. The van der Waals surface area contributed by atoms with Gasteiger partial charge in [-0.25, -0.2) is 9.97 Å². The predicted octanol–water partition coefficient (Wildman–Crippen LogP) is 11.0. The number of fused-ring (bicyclic) bond motifs is 8. The molecule has 0 saturated heterocycles. The van der Waals surface area contributed by atoms with E-state index in [1.54, 1.807) is 0 Å². The van der Waals surface area contributed by atoms with E-state index < -0.39 is 0 Å². The van der Waals surface area contributed by atoms with Crippen molar-refractivity contribution in [3.05, 3.63) is 169 Å². The minimum atomic E-state index is 0.602. The van der Waals surface area contributed by atoms with Crippen LogP contribution in [-0.4, -0.2) is 19.1 Å². The van der Waals surface area contributed by atoms with Gasteiger partial charge in [-0.3, -0.25) is 4.57 Å². The highest BCUT2D eigenvalue weighted by atomic mass is 15.2. The summed E-state index contributed by atoms with van der Waals surface area (Å²) in [5, 5.41) is 16.2. The van der Waals surface area contributed by atoms with Crippen molar-refractivity contribution in [2.45, 2.75) is 0 Å². The number of nitrogens with zero attached hydrogens (tertiary/aromatic N) is 5. The largest absolute Gasteiger partial charge is 0.307 e.